The van der Waals surface area contributed by atoms with Gasteiger partial charge in [0.15, 0.2) is 0 Å². The number of ether oxygens (including phenoxy) is 1. The highest BCUT2D eigenvalue weighted by Gasteiger charge is 2.03. The molecule has 0 rings (SSSR count). The fourth-order valence-corrected chi connectivity index (χ4v) is 1.57. The lowest BCUT2D eigenvalue weighted by molar-refractivity contribution is -0.137. The van der Waals surface area contributed by atoms with Gasteiger partial charge >= 0.3 is 5.97 Å². The second-order valence-corrected chi connectivity index (χ2v) is 3.29. The molecule has 0 aromatic rings. The number of halogens is 1. The van der Waals surface area contributed by atoms with E-state index >= 15 is 0 Å². The van der Waals surface area contributed by atoms with Crippen LogP contribution in [0, 0.1) is 0 Å². The monoisotopic (exact) mass is 272 g/mol. The van der Waals surface area contributed by atoms with E-state index < -0.39 is 0 Å². The molecule has 0 bridgehead atoms. The Hall–Kier alpha value is 0.290. The molecule has 4 heteroatoms. The van der Waals surface area contributed by atoms with E-state index in [0.717, 1.165) is 0 Å². The normalized spacial score (nSPS) is 11.3. The van der Waals surface area contributed by atoms with Crippen molar-refractivity contribution in [2.24, 2.45) is 0 Å². The van der Waals surface area contributed by atoms with Crippen LogP contribution in [0.3, 0.4) is 0 Å². The van der Waals surface area contributed by atoms with Crippen LogP contribution in [0.4, 0.5) is 0 Å². The number of carbonyl (C=O) groups excluding carboxylic acids is 1. The van der Waals surface area contributed by atoms with Crippen molar-refractivity contribution in [3.63, 3.8) is 0 Å². The first-order valence-corrected chi connectivity index (χ1v) is 5.14. The summed E-state index contributed by atoms with van der Waals surface area (Å²) < 4.78 is 5.36. The number of thioether (sulfide) groups is 1. The molecule has 0 unspecified atom stereocenters. The van der Waals surface area contributed by atoms with Gasteiger partial charge in [-0.2, -0.15) is 0 Å². The highest BCUT2D eigenvalue weighted by atomic mass is 127. The van der Waals surface area contributed by atoms with E-state index in [2.05, 4.69) is 0 Å². The molecule has 0 amide bonds. The van der Waals surface area contributed by atoms with E-state index in [0.29, 0.717) is 10.2 Å². The number of carbonyl (C=O) groups is 1. The van der Waals surface area contributed by atoms with Gasteiger partial charge in [0.2, 0.25) is 0 Å². The molecule has 0 aromatic heterocycles. The molecule has 0 aliphatic rings. The SMILES string of the molecule is CCOC(=O)/C(I)=C\SC. The van der Waals surface area contributed by atoms with Crippen LogP contribution < -0.4 is 0 Å². The standard InChI is InChI=1S/C6H9IO2S/c1-3-9-6(8)5(7)4-10-2/h4H,3H2,1-2H3/b5-4+. The van der Waals surface area contributed by atoms with Gasteiger partial charge in [-0.15, -0.1) is 11.8 Å². The summed E-state index contributed by atoms with van der Waals surface area (Å²) in [4.78, 5) is 10.8. The van der Waals surface area contributed by atoms with Crippen LogP contribution in [-0.4, -0.2) is 18.8 Å². The van der Waals surface area contributed by atoms with Gasteiger partial charge in [-0.05, 0) is 41.2 Å². The molecule has 0 N–H and O–H groups in total. The minimum Gasteiger partial charge on any atom is -0.462 e. The van der Waals surface area contributed by atoms with E-state index in [1.54, 1.807) is 12.3 Å². The van der Waals surface area contributed by atoms with Crippen molar-refractivity contribution in [3.05, 3.63) is 8.99 Å². The Balaban J connectivity index is 3.82. The van der Waals surface area contributed by atoms with E-state index in [9.17, 15) is 4.79 Å². The van der Waals surface area contributed by atoms with Gasteiger partial charge in [0, 0.05) is 0 Å². The number of esters is 1. The fraction of sp³-hybridized carbons (Fsp3) is 0.500. The third kappa shape index (κ3) is 4.16. The maximum atomic E-state index is 10.8. The quantitative estimate of drug-likeness (QED) is 0.447. The second kappa shape index (κ2) is 6.03. The van der Waals surface area contributed by atoms with Crippen LogP contribution in [0.2, 0.25) is 0 Å². The van der Waals surface area contributed by atoms with E-state index in [1.165, 1.54) is 11.8 Å². The van der Waals surface area contributed by atoms with Gasteiger partial charge in [-0.1, -0.05) is 0 Å². The average molecular weight is 272 g/mol. The fourth-order valence-electron chi connectivity index (χ4n) is 0.352. The largest absolute Gasteiger partial charge is 0.462 e. The molecule has 10 heavy (non-hydrogen) atoms. The van der Waals surface area contributed by atoms with Gasteiger partial charge in [0.05, 0.1) is 6.61 Å². The second-order valence-electron chi connectivity index (χ2n) is 1.42. The zero-order valence-corrected chi connectivity index (χ0v) is 8.86. The summed E-state index contributed by atoms with van der Waals surface area (Å²) in [5.74, 6) is -0.238. The van der Waals surface area contributed by atoms with Crippen molar-refractivity contribution in [3.8, 4) is 0 Å². The van der Waals surface area contributed by atoms with E-state index in [1.807, 2.05) is 28.8 Å². The predicted molar refractivity (Wildman–Crippen MR) is 52.3 cm³/mol. The first kappa shape index (κ1) is 10.3. The molecule has 0 heterocycles. The first-order chi connectivity index (χ1) is 4.72. The van der Waals surface area contributed by atoms with Crippen molar-refractivity contribution in [2.45, 2.75) is 6.92 Å². The van der Waals surface area contributed by atoms with Gasteiger partial charge < -0.3 is 4.74 Å². The molecule has 0 fully saturated rings. The number of hydrogen-bond acceptors (Lipinski definition) is 3. The summed E-state index contributed by atoms with van der Waals surface area (Å²) in [6.07, 6.45) is 1.90. The van der Waals surface area contributed by atoms with Crippen LogP contribution >= 0.6 is 34.4 Å². The van der Waals surface area contributed by atoms with Crippen molar-refractivity contribution in [2.75, 3.05) is 12.9 Å². The molecular formula is C6H9IO2S. The van der Waals surface area contributed by atoms with Crippen LogP contribution in [-0.2, 0) is 9.53 Å². The average Bonchev–Trinajstić information content (AvgIpc) is 1.89. The Morgan fingerprint density at radius 1 is 1.80 bits per heavy atom. The maximum Gasteiger partial charge on any atom is 0.344 e. The van der Waals surface area contributed by atoms with Gasteiger partial charge in [0.1, 0.15) is 3.58 Å². The molecule has 0 aliphatic carbocycles. The number of hydrogen-bond donors (Lipinski definition) is 0. The van der Waals surface area contributed by atoms with Gasteiger partial charge in [-0.3, -0.25) is 0 Å². The molecule has 0 radical (unpaired) electrons. The molecular weight excluding hydrogens is 263 g/mol. The molecule has 0 saturated heterocycles. The molecule has 2 nitrogen and oxygen atoms in total. The predicted octanol–water partition coefficient (Wildman–Crippen LogP) is 2.19. The molecule has 0 saturated carbocycles. The molecule has 0 atom stereocenters. The Labute approximate surface area is 78.5 Å². The highest BCUT2D eigenvalue weighted by Crippen LogP contribution is 2.12. The Kier molecular flexibility index (Phi) is 6.20. The van der Waals surface area contributed by atoms with Crippen LogP contribution in [0.25, 0.3) is 0 Å². The van der Waals surface area contributed by atoms with Crippen LogP contribution in [0.15, 0.2) is 8.99 Å². The van der Waals surface area contributed by atoms with Crippen molar-refractivity contribution < 1.29 is 9.53 Å². The van der Waals surface area contributed by atoms with Crippen molar-refractivity contribution >= 4 is 40.3 Å². The molecule has 0 spiro atoms. The highest BCUT2D eigenvalue weighted by molar-refractivity contribution is 14.1. The Bertz CT molecular complexity index is 145. The summed E-state index contributed by atoms with van der Waals surface area (Å²) >= 11 is 3.45. The summed E-state index contributed by atoms with van der Waals surface area (Å²) in [6.45, 7) is 2.23. The topological polar surface area (TPSA) is 26.3 Å². The maximum absolute atomic E-state index is 10.8. The van der Waals surface area contributed by atoms with E-state index in [-0.39, 0.29) is 5.97 Å². The lowest BCUT2D eigenvalue weighted by Crippen LogP contribution is -2.02. The zero-order valence-electron chi connectivity index (χ0n) is 5.89. The zero-order chi connectivity index (χ0) is 7.98. The summed E-state index contributed by atoms with van der Waals surface area (Å²) in [6, 6.07) is 0. The molecule has 58 valence electrons. The van der Waals surface area contributed by atoms with Crippen molar-refractivity contribution in [1.29, 1.82) is 0 Å². The Morgan fingerprint density at radius 3 is 2.80 bits per heavy atom. The first-order valence-electron chi connectivity index (χ1n) is 2.78. The lowest BCUT2D eigenvalue weighted by atomic mass is 10.6. The smallest absolute Gasteiger partial charge is 0.344 e. The lowest BCUT2D eigenvalue weighted by Gasteiger charge is -1.97. The Morgan fingerprint density at radius 2 is 2.40 bits per heavy atom. The molecule has 0 aliphatic heterocycles. The third-order valence-corrected chi connectivity index (χ3v) is 2.34. The van der Waals surface area contributed by atoms with Gasteiger partial charge in [-0.25, -0.2) is 4.79 Å². The molecule has 0 aromatic carbocycles. The number of rotatable bonds is 3. The summed E-state index contributed by atoms with van der Waals surface area (Å²) in [5, 5.41) is 1.76. The van der Waals surface area contributed by atoms with Crippen LogP contribution in [0.5, 0.6) is 0 Å². The van der Waals surface area contributed by atoms with E-state index in [4.69, 9.17) is 4.74 Å². The van der Waals surface area contributed by atoms with Crippen LogP contribution in [0.1, 0.15) is 6.92 Å². The summed E-state index contributed by atoms with van der Waals surface area (Å²) in [5.41, 5.74) is 0. The van der Waals surface area contributed by atoms with Crippen molar-refractivity contribution in [1.82, 2.24) is 0 Å². The minimum atomic E-state index is -0.238. The third-order valence-electron chi connectivity index (χ3n) is 0.692. The summed E-state index contributed by atoms with van der Waals surface area (Å²) in [7, 11) is 0. The minimum absolute atomic E-state index is 0.238. The van der Waals surface area contributed by atoms with Gasteiger partial charge in [0.25, 0.3) is 0 Å².